The number of carbonyl (C=O) groups is 2. The number of carbonyl (C=O) groups excluding carboxylic acids is 2. The summed E-state index contributed by atoms with van der Waals surface area (Å²) in [5.74, 6) is -0.666. The molecule has 0 radical (unpaired) electrons. The average molecular weight is 438 g/mol. The fraction of sp³-hybridized carbons (Fsp3) is 0.200. The van der Waals surface area contributed by atoms with Crippen molar-refractivity contribution in [2.75, 3.05) is 0 Å². The summed E-state index contributed by atoms with van der Waals surface area (Å²) in [6.07, 6.45) is -4.12. The SMILES string of the molecule is O=C(NCc1cccc(C(F)(F)F)c1)[C@@H]1Cc2ccccc2CN1C(=O)c1ccccc1. The molecule has 0 saturated carbocycles. The number of hydrogen-bond donors (Lipinski definition) is 1. The van der Waals surface area contributed by atoms with Crippen LogP contribution in [0.4, 0.5) is 13.2 Å². The largest absolute Gasteiger partial charge is 0.416 e. The van der Waals surface area contributed by atoms with Crippen LogP contribution < -0.4 is 5.32 Å². The molecule has 3 aromatic rings. The van der Waals surface area contributed by atoms with Crippen LogP contribution in [0.5, 0.6) is 0 Å². The molecule has 0 aromatic heterocycles. The average Bonchev–Trinajstić information content (AvgIpc) is 2.81. The third-order valence-corrected chi connectivity index (χ3v) is 5.55. The molecule has 0 spiro atoms. The summed E-state index contributed by atoms with van der Waals surface area (Å²) in [5, 5.41) is 2.71. The Morgan fingerprint density at radius 3 is 2.31 bits per heavy atom. The van der Waals surface area contributed by atoms with Crippen molar-refractivity contribution in [3.8, 4) is 0 Å². The van der Waals surface area contributed by atoms with Gasteiger partial charge in [-0.2, -0.15) is 13.2 Å². The Morgan fingerprint density at radius 1 is 0.906 bits per heavy atom. The third kappa shape index (κ3) is 4.66. The van der Waals surface area contributed by atoms with Crippen LogP contribution in [-0.2, 0) is 30.5 Å². The van der Waals surface area contributed by atoms with E-state index >= 15 is 0 Å². The Labute approximate surface area is 183 Å². The fourth-order valence-corrected chi connectivity index (χ4v) is 3.88. The van der Waals surface area contributed by atoms with E-state index < -0.39 is 23.7 Å². The van der Waals surface area contributed by atoms with Gasteiger partial charge in [-0.25, -0.2) is 0 Å². The van der Waals surface area contributed by atoms with Crippen LogP contribution in [0.15, 0.2) is 78.9 Å². The highest BCUT2D eigenvalue weighted by atomic mass is 19.4. The van der Waals surface area contributed by atoms with Crippen molar-refractivity contribution < 1.29 is 22.8 Å². The topological polar surface area (TPSA) is 49.4 Å². The maximum atomic E-state index is 13.2. The Morgan fingerprint density at radius 2 is 1.59 bits per heavy atom. The van der Waals surface area contributed by atoms with E-state index in [0.29, 0.717) is 17.5 Å². The van der Waals surface area contributed by atoms with Crippen LogP contribution in [0, 0.1) is 0 Å². The van der Waals surface area contributed by atoms with Gasteiger partial charge in [0, 0.05) is 25.1 Å². The lowest BCUT2D eigenvalue weighted by atomic mass is 9.92. The highest BCUT2D eigenvalue weighted by Gasteiger charge is 2.35. The molecule has 4 rings (SSSR count). The van der Waals surface area contributed by atoms with Gasteiger partial charge in [-0.1, -0.05) is 54.6 Å². The van der Waals surface area contributed by atoms with E-state index in [0.717, 1.165) is 23.3 Å². The fourth-order valence-electron chi connectivity index (χ4n) is 3.88. The number of benzene rings is 3. The number of nitrogens with zero attached hydrogens (tertiary/aromatic N) is 1. The molecule has 0 unspecified atom stereocenters. The van der Waals surface area contributed by atoms with Crippen molar-refractivity contribution in [2.45, 2.75) is 31.7 Å². The van der Waals surface area contributed by atoms with Crippen LogP contribution in [0.25, 0.3) is 0 Å². The van der Waals surface area contributed by atoms with Gasteiger partial charge in [-0.15, -0.1) is 0 Å². The third-order valence-electron chi connectivity index (χ3n) is 5.55. The number of hydrogen-bond acceptors (Lipinski definition) is 2. The van der Waals surface area contributed by atoms with E-state index in [1.165, 1.54) is 17.0 Å². The molecule has 0 aliphatic carbocycles. The van der Waals surface area contributed by atoms with Crippen molar-refractivity contribution in [1.29, 1.82) is 0 Å². The van der Waals surface area contributed by atoms with Gasteiger partial charge in [0.15, 0.2) is 0 Å². The number of nitrogens with one attached hydrogen (secondary N) is 1. The van der Waals surface area contributed by atoms with Gasteiger partial charge in [-0.05, 0) is 41.0 Å². The molecule has 32 heavy (non-hydrogen) atoms. The van der Waals surface area contributed by atoms with E-state index in [9.17, 15) is 22.8 Å². The molecule has 1 atom stereocenters. The molecule has 7 heteroatoms. The molecular formula is C25H21F3N2O2. The summed E-state index contributed by atoms with van der Waals surface area (Å²) in [7, 11) is 0. The predicted octanol–water partition coefficient (Wildman–Crippen LogP) is 4.59. The van der Waals surface area contributed by atoms with Gasteiger partial charge in [0.2, 0.25) is 5.91 Å². The van der Waals surface area contributed by atoms with Gasteiger partial charge in [-0.3, -0.25) is 9.59 Å². The van der Waals surface area contributed by atoms with Gasteiger partial charge in [0.05, 0.1) is 5.56 Å². The van der Waals surface area contributed by atoms with Crippen molar-refractivity contribution in [1.82, 2.24) is 10.2 Å². The van der Waals surface area contributed by atoms with Crippen LogP contribution in [-0.4, -0.2) is 22.8 Å². The van der Waals surface area contributed by atoms with E-state index in [1.807, 2.05) is 30.3 Å². The Kier molecular flexibility index (Phi) is 5.99. The second-order valence-electron chi connectivity index (χ2n) is 7.70. The normalized spacial score (nSPS) is 15.7. The second-order valence-corrected chi connectivity index (χ2v) is 7.70. The summed E-state index contributed by atoms with van der Waals surface area (Å²) in [6, 6.07) is 20.4. The van der Waals surface area contributed by atoms with Gasteiger partial charge < -0.3 is 10.2 Å². The van der Waals surface area contributed by atoms with Crippen LogP contribution in [0.2, 0.25) is 0 Å². The maximum Gasteiger partial charge on any atom is 0.416 e. The van der Waals surface area contributed by atoms with E-state index in [2.05, 4.69) is 5.32 Å². The van der Waals surface area contributed by atoms with Crippen LogP contribution in [0.3, 0.4) is 0 Å². The molecule has 1 aliphatic rings. The van der Waals surface area contributed by atoms with Crippen molar-refractivity contribution in [3.05, 3.63) is 107 Å². The molecule has 3 aromatic carbocycles. The number of fused-ring (bicyclic) bond motifs is 1. The highest BCUT2D eigenvalue weighted by molar-refractivity contribution is 5.98. The number of halogens is 3. The first-order chi connectivity index (χ1) is 15.3. The van der Waals surface area contributed by atoms with E-state index in [-0.39, 0.29) is 19.0 Å². The quantitative estimate of drug-likeness (QED) is 0.648. The summed E-state index contributed by atoms with van der Waals surface area (Å²) in [5.41, 5.74) is 1.99. The zero-order chi connectivity index (χ0) is 22.7. The van der Waals surface area contributed by atoms with Crippen molar-refractivity contribution in [2.24, 2.45) is 0 Å². The van der Waals surface area contributed by atoms with E-state index in [4.69, 9.17) is 0 Å². The summed E-state index contributed by atoms with van der Waals surface area (Å²) >= 11 is 0. The Bertz CT molecular complexity index is 1130. The number of rotatable bonds is 4. The first-order valence-corrected chi connectivity index (χ1v) is 10.2. The zero-order valence-electron chi connectivity index (χ0n) is 17.1. The van der Waals surface area contributed by atoms with E-state index in [1.54, 1.807) is 24.3 Å². The molecule has 1 N–H and O–H groups in total. The van der Waals surface area contributed by atoms with Gasteiger partial charge in [0.1, 0.15) is 6.04 Å². The van der Waals surface area contributed by atoms with Gasteiger partial charge >= 0.3 is 6.18 Å². The first kappa shape index (κ1) is 21.6. The van der Waals surface area contributed by atoms with Crippen LogP contribution in [0.1, 0.15) is 32.6 Å². The minimum atomic E-state index is -4.45. The molecule has 4 nitrogen and oxygen atoms in total. The molecule has 0 fully saturated rings. The zero-order valence-corrected chi connectivity index (χ0v) is 17.1. The second kappa shape index (κ2) is 8.86. The smallest absolute Gasteiger partial charge is 0.350 e. The minimum Gasteiger partial charge on any atom is -0.350 e. The molecule has 164 valence electrons. The molecular weight excluding hydrogens is 417 g/mol. The summed E-state index contributed by atoms with van der Waals surface area (Å²) < 4.78 is 38.9. The van der Waals surface area contributed by atoms with Crippen LogP contribution >= 0.6 is 0 Å². The lowest BCUT2D eigenvalue weighted by molar-refractivity contribution is -0.137. The summed E-state index contributed by atoms with van der Waals surface area (Å²) in [6.45, 7) is 0.222. The Balaban J connectivity index is 1.55. The first-order valence-electron chi connectivity index (χ1n) is 10.2. The van der Waals surface area contributed by atoms with Gasteiger partial charge in [0.25, 0.3) is 5.91 Å². The minimum absolute atomic E-state index is 0.0612. The number of alkyl halides is 3. The summed E-state index contributed by atoms with van der Waals surface area (Å²) in [4.78, 5) is 27.8. The van der Waals surface area contributed by atoms with Crippen molar-refractivity contribution in [3.63, 3.8) is 0 Å². The molecule has 1 heterocycles. The predicted molar refractivity (Wildman–Crippen MR) is 114 cm³/mol. The highest BCUT2D eigenvalue weighted by Crippen LogP contribution is 2.30. The Hall–Kier alpha value is -3.61. The molecule has 0 saturated heterocycles. The molecule has 2 amide bonds. The lowest BCUT2D eigenvalue weighted by Gasteiger charge is -2.36. The molecule has 1 aliphatic heterocycles. The monoisotopic (exact) mass is 438 g/mol. The maximum absolute atomic E-state index is 13.2. The van der Waals surface area contributed by atoms with Crippen molar-refractivity contribution >= 4 is 11.8 Å². The lowest BCUT2D eigenvalue weighted by Crippen LogP contribution is -2.52. The molecule has 0 bridgehead atoms. The number of amides is 2. The standard InChI is InChI=1S/C25H21F3N2O2/c26-25(27,28)21-12-6-7-17(13-21)15-29-23(31)22-14-19-10-4-5-11-20(19)16-30(22)24(32)18-8-2-1-3-9-18/h1-13,22H,14-16H2,(H,29,31)/t22-/m0/s1.